The second-order valence-electron chi connectivity index (χ2n) is 4.58. The molecule has 6 heteroatoms. The quantitative estimate of drug-likeness (QED) is 0.738. The minimum Gasteiger partial charge on any atom is -0.353 e. The number of carbonyl (C=O) groups is 1. The molecule has 17 heavy (non-hydrogen) atoms. The summed E-state index contributed by atoms with van der Waals surface area (Å²) in [7, 11) is 5.88. The second-order valence-corrected chi connectivity index (χ2v) is 4.58. The molecule has 0 aromatic carbocycles. The second kappa shape index (κ2) is 12.4. The standard InChI is InChI=1S/C11H25N3O.2ClH/c1-9(2)6-10(14(4)5)7-13-11(15)8-12-3;;/h9-10,12H,6-8H2,1-5H3,(H,13,15);2*1H. The maximum atomic E-state index is 11.3. The van der Waals surface area contributed by atoms with Crippen LogP contribution in [-0.2, 0) is 4.79 Å². The summed E-state index contributed by atoms with van der Waals surface area (Å²) in [5, 5.41) is 5.76. The molecule has 1 atom stereocenters. The number of nitrogens with zero attached hydrogens (tertiary/aromatic N) is 1. The zero-order chi connectivity index (χ0) is 11.8. The minimum absolute atomic E-state index is 0. The Morgan fingerprint density at radius 3 is 2.12 bits per heavy atom. The lowest BCUT2D eigenvalue weighted by molar-refractivity contribution is -0.120. The number of hydrogen-bond acceptors (Lipinski definition) is 3. The largest absolute Gasteiger partial charge is 0.353 e. The molecule has 0 saturated heterocycles. The van der Waals surface area contributed by atoms with E-state index in [2.05, 4.69) is 43.5 Å². The van der Waals surface area contributed by atoms with Crippen molar-refractivity contribution in [3.05, 3.63) is 0 Å². The van der Waals surface area contributed by atoms with Crippen molar-refractivity contribution in [1.29, 1.82) is 0 Å². The minimum atomic E-state index is 0. The molecule has 4 nitrogen and oxygen atoms in total. The van der Waals surface area contributed by atoms with E-state index in [1.807, 2.05) is 0 Å². The summed E-state index contributed by atoms with van der Waals surface area (Å²) in [4.78, 5) is 13.4. The van der Waals surface area contributed by atoms with Gasteiger partial charge in [-0.2, -0.15) is 0 Å². The number of hydrogen-bond donors (Lipinski definition) is 2. The van der Waals surface area contributed by atoms with Crippen LogP contribution in [0.4, 0.5) is 0 Å². The van der Waals surface area contributed by atoms with Crippen LogP contribution in [0.25, 0.3) is 0 Å². The first-order valence-corrected chi connectivity index (χ1v) is 5.55. The predicted molar refractivity (Wildman–Crippen MR) is 78.4 cm³/mol. The number of likely N-dealkylation sites (N-methyl/N-ethyl adjacent to an activating group) is 2. The summed E-state index contributed by atoms with van der Waals surface area (Å²) < 4.78 is 0. The fourth-order valence-corrected chi connectivity index (χ4v) is 1.48. The molecular formula is C11H27Cl2N3O. The lowest BCUT2D eigenvalue weighted by atomic mass is 10.0. The number of halogens is 2. The number of carbonyl (C=O) groups excluding carboxylic acids is 1. The van der Waals surface area contributed by atoms with Gasteiger partial charge in [0.25, 0.3) is 0 Å². The SMILES string of the molecule is CNCC(=O)NCC(CC(C)C)N(C)C.Cl.Cl. The van der Waals surface area contributed by atoms with E-state index in [1.165, 1.54) is 0 Å². The molecule has 0 aliphatic rings. The van der Waals surface area contributed by atoms with Crippen molar-refractivity contribution in [2.24, 2.45) is 5.92 Å². The van der Waals surface area contributed by atoms with Gasteiger partial charge in [-0.05, 0) is 33.5 Å². The lowest BCUT2D eigenvalue weighted by Gasteiger charge is -2.26. The molecule has 0 heterocycles. The van der Waals surface area contributed by atoms with E-state index in [9.17, 15) is 4.79 Å². The van der Waals surface area contributed by atoms with Gasteiger partial charge in [-0.3, -0.25) is 4.79 Å². The molecule has 106 valence electrons. The highest BCUT2D eigenvalue weighted by Crippen LogP contribution is 2.07. The van der Waals surface area contributed by atoms with Crippen LogP contribution < -0.4 is 10.6 Å². The van der Waals surface area contributed by atoms with Crippen LogP contribution in [0, 0.1) is 5.92 Å². The number of nitrogens with one attached hydrogen (secondary N) is 2. The van der Waals surface area contributed by atoms with Crippen LogP contribution in [0.3, 0.4) is 0 Å². The van der Waals surface area contributed by atoms with Crippen molar-refractivity contribution in [1.82, 2.24) is 15.5 Å². The summed E-state index contributed by atoms with van der Waals surface area (Å²) in [6, 6.07) is 0.422. The molecule has 1 unspecified atom stereocenters. The zero-order valence-electron chi connectivity index (χ0n) is 11.4. The van der Waals surface area contributed by atoms with Crippen molar-refractivity contribution in [3.8, 4) is 0 Å². The van der Waals surface area contributed by atoms with Crippen molar-refractivity contribution in [2.75, 3.05) is 34.2 Å². The van der Waals surface area contributed by atoms with Gasteiger partial charge in [-0.25, -0.2) is 0 Å². The molecule has 0 aromatic heterocycles. The topological polar surface area (TPSA) is 44.4 Å². The molecular weight excluding hydrogens is 261 g/mol. The molecule has 0 saturated carbocycles. The summed E-state index contributed by atoms with van der Waals surface area (Å²) in [6.07, 6.45) is 1.10. The van der Waals surface area contributed by atoms with E-state index >= 15 is 0 Å². The zero-order valence-corrected chi connectivity index (χ0v) is 13.1. The van der Waals surface area contributed by atoms with Gasteiger partial charge < -0.3 is 15.5 Å². The first-order chi connectivity index (χ1) is 6.97. The summed E-state index contributed by atoms with van der Waals surface area (Å²) in [5.74, 6) is 0.715. The van der Waals surface area contributed by atoms with Crippen LogP contribution in [0.5, 0.6) is 0 Å². The molecule has 0 radical (unpaired) electrons. The number of rotatable bonds is 7. The number of amides is 1. The van der Waals surface area contributed by atoms with Crippen LogP contribution in [0.2, 0.25) is 0 Å². The Balaban J connectivity index is -0.000000980. The molecule has 0 rings (SSSR count). The van der Waals surface area contributed by atoms with Gasteiger partial charge in [0.05, 0.1) is 6.54 Å². The molecule has 0 spiro atoms. The predicted octanol–water partition coefficient (Wildman–Crippen LogP) is 1.14. The highest BCUT2D eigenvalue weighted by Gasteiger charge is 2.13. The van der Waals surface area contributed by atoms with E-state index in [0.717, 1.165) is 13.0 Å². The van der Waals surface area contributed by atoms with Crippen molar-refractivity contribution in [2.45, 2.75) is 26.3 Å². The third kappa shape index (κ3) is 12.2. The first kappa shape index (κ1) is 22.2. The van der Waals surface area contributed by atoms with Crippen molar-refractivity contribution >= 4 is 30.7 Å². The highest BCUT2D eigenvalue weighted by atomic mass is 35.5. The normalized spacial score (nSPS) is 11.7. The van der Waals surface area contributed by atoms with Crippen molar-refractivity contribution in [3.63, 3.8) is 0 Å². The molecule has 0 aliphatic carbocycles. The van der Waals surface area contributed by atoms with Crippen LogP contribution >= 0.6 is 24.8 Å². The van der Waals surface area contributed by atoms with Crippen LogP contribution in [0.1, 0.15) is 20.3 Å². The van der Waals surface area contributed by atoms with Crippen LogP contribution in [0.15, 0.2) is 0 Å². The smallest absolute Gasteiger partial charge is 0.234 e. The molecule has 0 aromatic rings. The molecule has 2 N–H and O–H groups in total. The van der Waals surface area contributed by atoms with E-state index in [-0.39, 0.29) is 30.7 Å². The summed E-state index contributed by atoms with van der Waals surface area (Å²) >= 11 is 0. The Morgan fingerprint density at radius 2 is 1.76 bits per heavy atom. The van der Waals surface area contributed by atoms with E-state index in [1.54, 1.807) is 7.05 Å². The Kier molecular flexibility index (Phi) is 16.2. The van der Waals surface area contributed by atoms with Crippen LogP contribution in [-0.4, -0.2) is 51.1 Å². The molecule has 0 bridgehead atoms. The van der Waals surface area contributed by atoms with Gasteiger partial charge in [0, 0.05) is 12.6 Å². The Morgan fingerprint density at radius 1 is 1.24 bits per heavy atom. The first-order valence-electron chi connectivity index (χ1n) is 5.55. The van der Waals surface area contributed by atoms with Gasteiger partial charge in [-0.15, -0.1) is 24.8 Å². The Labute approximate surface area is 118 Å². The fraction of sp³-hybridized carbons (Fsp3) is 0.909. The summed E-state index contributed by atoms with van der Waals surface area (Å²) in [6.45, 7) is 5.52. The maximum Gasteiger partial charge on any atom is 0.234 e. The van der Waals surface area contributed by atoms with E-state index in [4.69, 9.17) is 0 Å². The third-order valence-corrected chi connectivity index (χ3v) is 2.35. The Hall–Kier alpha value is -0.0300. The highest BCUT2D eigenvalue weighted by molar-refractivity contribution is 5.85. The van der Waals surface area contributed by atoms with Gasteiger partial charge in [0.15, 0.2) is 0 Å². The maximum absolute atomic E-state index is 11.3. The summed E-state index contributed by atoms with van der Waals surface area (Å²) in [5.41, 5.74) is 0. The van der Waals surface area contributed by atoms with Gasteiger partial charge in [-0.1, -0.05) is 13.8 Å². The molecule has 1 amide bonds. The van der Waals surface area contributed by atoms with Gasteiger partial charge in [0.1, 0.15) is 0 Å². The average Bonchev–Trinajstić information content (AvgIpc) is 2.11. The molecule has 0 aliphatic heterocycles. The average molecular weight is 288 g/mol. The van der Waals surface area contributed by atoms with Gasteiger partial charge >= 0.3 is 0 Å². The lowest BCUT2D eigenvalue weighted by Crippen LogP contribution is -2.43. The third-order valence-electron chi connectivity index (χ3n) is 2.35. The van der Waals surface area contributed by atoms with Gasteiger partial charge in [0.2, 0.25) is 5.91 Å². The fourth-order valence-electron chi connectivity index (χ4n) is 1.48. The van der Waals surface area contributed by atoms with Crippen molar-refractivity contribution < 1.29 is 4.79 Å². The monoisotopic (exact) mass is 287 g/mol. The Bertz CT molecular complexity index is 190. The van der Waals surface area contributed by atoms with E-state index < -0.39 is 0 Å². The molecule has 0 fully saturated rings. The van der Waals surface area contributed by atoms with E-state index in [0.29, 0.717) is 18.5 Å².